The molecule has 0 aromatic rings. The largest absolute Gasteiger partial charge is 0.356 e. The third-order valence-corrected chi connectivity index (χ3v) is 1.47. The maximum absolute atomic E-state index is 5.22. The van der Waals surface area contributed by atoms with E-state index in [2.05, 4.69) is 0 Å². The van der Waals surface area contributed by atoms with Crippen LogP contribution in [-0.4, -0.2) is 26.8 Å². The van der Waals surface area contributed by atoms with E-state index in [9.17, 15) is 0 Å². The Balaban J connectivity index is 2.20. The summed E-state index contributed by atoms with van der Waals surface area (Å²) < 4.78 is 15.1. The molecule has 0 spiro atoms. The average molecular weight is 132 g/mol. The first kappa shape index (κ1) is 6.99. The van der Waals surface area contributed by atoms with Crippen molar-refractivity contribution < 1.29 is 14.2 Å². The van der Waals surface area contributed by atoms with Crippen LogP contribution in [0, 0.1) is 0 Å². The van der Waals surface area contributed by atoms with E-state index in [1.807, 2.05) is 0 Å². The molecule has 2 atom stereocenters. The number of rotatable bonds is 2. The van der Waals surface area contributed by atoms with E-state index in [-0.39, 0.29) is 12.6 Å². The van der Waals surface area contributed by atoms with Crippen LogP contribution in [0.25, 0.3) is 0 Å². The Morgan fingerprint density at radius 1 is 1.11 bits per heavy atom. The number of ether oxygens (including phenoxy) is 3. The van der Waals surface area contributed by atoms with Crippen LogP contribution in [0.1, 0.15) is 12.8 Å². The van der Waals surface area contributed by atoms with E-state index in [0.717, 1.165) is 12.8 Å². The fourth-order valence-corrected chi connectivity index (χ4v) is 0.924. The summed E-state index contributed by atoms with van der Waals surface area (Å²) in [6, 6.07) is 0. The third-order valence-electron chi connectivity index (χ3n) is 1.47. The van der Waals surface area contributed by atoms with Gasteiger partial charge >= 0.3 is 0 Å². The van der Waals surface area contributed by atoms with Crippen molar-refractivity contribution in [3.63, 3.8) is 0 Å². The molecule has 0 bridgehead atoms. The Hall–Kier alpha value is -0.120. The van der Waals surface area contributed by atoms with Crippen molar-refractivity contribution in [1.82, 2.24) is 0 Å². The summed E-state index contributed by atoms with van der Waals surface area (Å²) in [7, 11) is 3.28. The van der Waals surface area contributed by atoms with Gasteiger partial charge in [-0.1, -0.05) is 0 Å². The van der Waals surface area contributed by atoms with Crippen LogP contribution < -0.4 is 0 Å². The minimum atomic E-state index is -0.0463. The molecule has 54 valence electrons. The monoisotopic (exact) mass is 132 g/mol. The highest BCUT2D eigenvalue weighted by molar-refractivity contribution is 4.58. The SMILES string of the molecule is CO[C@H]1CC[C@H](OC)O1. The molecule has 0 aromatic carbocycles. The lowest BCUT2D eigenvalue weighted by molar-refractivity contribution is -0.185. The summed E-state index contributed by atoms with van der Waals surface area (Å²) in [4.78, 5) is 0. The smallest absolute Gasteiger partial charge is 0.160 e. The lowest BCUT2D eigenvalue weighted by Crippen LogP contribution is -2.13. The molecule has 9 heavy (non-hydrogen) atoms. The average Bonchev–Trinajstić information content (AvgIpc) is 2.34. The van der Waals surface area contributed by atoms with E-state index in [1.165, 1.54) is 0 Å². The van der Waals surface area contributed by atoms with Crippen LogP contribution in [0.2, 0.25) is 0 Å². The van der Waals surface area contributed by atoms with Crippen LogP contribution in [-0.2, 0) is 14.2 Å². The van der Waals surface area contributed by atoms with Gasteiger partial charge in [-0.3, -0.25) is 0 Å². The van der Waals surface area contributed by atoms with Crippen molar-refractivity contribution >= 4 is 0 Å². The van der Waals surface area contributed by atoms with Gasteiger partial charge in [0.2, 0.25) is 0 Å². The van der Waals surface area contributed by atoms with E-state index in [1.54, 1.807) is 14.2 Å². The van der Waals surface area contributed by atoms with Crippen molar-refractivity contribution in [3.05, 3.63) is 0 Å². The molecule has 1 fully saturated rings. The molecule has 0 radical (unpaired) electrons. The normalized spacial score (nSPS) is 35.3. The molecule has 3 nitrogen and oxygen atoms in total. The molecule has 0 aliphatic carbocycles. The molecule has 0 saturated carbocycles. The minimum absolute atomic E-state index is 0.0463. The number of hydrogen-bond donors (Lipinski definition) is 0. The zero-order valence-corrected chi connectivity index (χ0v) is 5.79. The van der Waals surface area contributed by atoms with E-state index in [0.29, 0.717) is 0 Å². The molecule has 1 rings (SSSR count). The quantitative estimate of drug-likeness (QED) is 0.554. The highest BCUT2D eigenvalue weighted by atomic mass is 16.8. The van der Waals surface area contributed by atoms with Gasteiger partial charge in [-0.15, -0.1) is 0 Å². The summed E-state index contributed by atoms with van der Waals surface area (Å²) in [5, 5.41) is 0. The van der Waals surface area contributed by atoms with E-state index >= 15 is 0 Å². The zero-order valence-electron chi connectivity index (χ0n) is 5.79. The topological polar surface area (TPSA) is 27.7 Å². The molecule has 3 heteroatoms. The van der Waals surface area contributed by atoms with Gasteiger partial charge in [-0.25, -0.2) is 0 Å². The molecule has 1 aliphatic rings. The van der Waals surface area contributed by atoms with Gasteiger partial charge in [0.05, 0.1) is 0 Å². The van der Waals surface area contributed by atoms with Crippen molar-refractivity contribution in [2.24, 2.45) is 0 Å². The van der Waals surface area contributed by atoms with Gasteiger partial charge in [0, 0.05) is 27.1 Å². The van der Waals surface area contributed by atoms with Crippen molar-refractivity contribution in [1.29, 1.82) is 0 Å². The Labute approximate surface area is 54.9 Å². The lowest BCUT2D eigenvalue weighted by Gasteiger charge is -2.09. The first-order chi connectivity index (χ1) is 4.36. The first-order valence-corrected chi connectivity index (χ1v) is 3.08. The summed E-state index contributed by atoms with van der Waals surface area (Å²) in [6.07, 6.45) is 1.79. The van der Waals surface area contributed by atoms with Crippen LogP contribution >= 0.6 is 0 Å². The summed E-state index contributed by atoms with van der Waals surface area (Å²) >= 11 is 0. The molecular formula is C6H12O3. The number of methoxy groups -OCH3 is 2. The van der Waals surface area contributed by atoms with Crippen molar-refractivity contribution in [3.8, 4) is 0 Å². The van der Waals surface area contributed by atoms with Gasteiger partial charge in [0.1, 0.15) is 0 Å². The second kappa shape index (κ2) is 3.15. The van der Waals surface area contributed by atoms with Crippen LogP contribution in [0.3, 0.4) is 0 Å². The Bertz CT molecular complexity index is 74.4. The van der Waals surface area contributed by atoms with Gasteiger partial charge in [-0.05, 0) is 0 Å². The first-order valence-electron chi connectivity index (χ1n) is 3.08. The molecule has 0 unspecified atom stereocenters. The zero-order chi connectivity index (χ0) is 6.69. The fourth-order valence-electron chi connectivity index (χ4n) is 0.924. The van der Waals surface area contributed by atoms with Crippen molar-refractivity contribution in [2.75, 3.05) is 14.2 Å². The number of hydrogen-bond acceptors (Lipinski definition) is 3. The second-order valence-corrected chi connectivity index (χ2v) is 2.04. The standard InChI is InChI=1S/C6H12O3/c1-7-5-3-4-6(8-2)9-5/h5-6H,3-4H2,1-2H3/t5-,6-/m1/s1. The Kier molecular flexibility index (Phi) is 2.45. The molecular weight excluding hydrogens is 120 g/mol. The minimum Gasteiger partial charge on any atom is -0.356 e. The van der Waals surface area contributed by atoms with E-state index < -0.39 is 0 Å². The van der Waals surface area contributed by atoms with Gasteiger partial charge in [0.15, 0.2) is 12.6 Å². The Morgan fingerprint density at radius 2 is 1.56 bits per heavy atom. The molecule has 1 heterocycles. The Morgan fingerprint density at radius 3 is 1.78 bits per heavy atom. The van der Waals surface area contributed by atoms with Crippen molar-refractivity contribution in [2.45, 2.75) is 25.4 Å². The van der Waals surface area contributed by atoms with Crippen LogP contribution in [0.4, 0.5) is 0 Å². The maximum atomic E-state index is 5.22. The van der Waals surface area contributed by atoms with E-state index in [4.69, 9.17) is 14.2 Å². The third kappa shape index (κ3) is 1.64. The maximum Gasteiger partial charge on any atom is 0.160 e. The summed E-state index contributed by atoms with van der Waals surface area (Å²) in [6.45, 7) is 0. The fraction of sp³-hybridized carbons (Fsp3) is 1.00. The van der Waals surface area contributed by atoms with Crippen LogP contribution in [0.5, 0.6) is 0 Å². The predicted molar refractivity (Wildman–Crippen MR) is 31.9 cm³/mol. The summed E-state index contributed by atoms with van der Waals surface area (Å²) in [5.41, 5.74) is 0. The molecule has 1 saturated heterocycles. The molecule has 0 aromatic heterocycles. The van der Waals surface area contributed by atoms with Gasteiger partial charge in [0.25, 0.3) is 0 Å². The van der Waals surface area contributed by atoms with Crippen LogP contribution in [0.15, 0.2) is 0 Å². The molecule has 0 amide bonds. The predicted octanol–water partition coefficient (Wildman–Crippen LogP) is 0.742. The van der Waals surface area contributed by atoms with Gasteiger partial charge in [-0.2, -0.15) is 0 Å². The highest BCUT2D eigenvalue weighted by Crippen LogP contribution is 2.19. The van der Waals surface area contributed by atoms with Gasteiger partial charge < -0.3 is 14.2 Å². The molecule has 0 N–H and O–H groups in total. The molecule has 1 aliphatic heterocycles. The highest BCUT2D eigenvalue weighted by Gasteiger charge is 2.23. The second-order valence-electron chi connectivity index (χ2n) is 2.04. The lowest BCUT2D eigenvalue weighted by atomic mass is 10.3. The summed E-state index contributed by atoms with van der Waals surface area (Å²) in [5.74, 6) is 0.